The summed E-state index contributed by atoms with van der Waals surface area (Å²) in [5.41, 5.74) is 6.44. The van der Waals surface area contributed by atoms with E-state index in [1.165, 1.54) is 20.2 Å². The van der Waals surface area contributed by atoms with Crippen LogP contribution >= 0.6 is 7.52 Å². The second-order valence-electron chi connectivity index (χ2n) is 12.1. The minimum atomic E-state index is -4.85. The highest BCUT2D eigenvalue weighted by atomic mass is 31.2. The molecule has 1 amide bonds. The lowest BCUT2D eigenvalue weighted by Gasteiger charge is -2.41. The number of hydrogen-bond acceptors (Lipinski definition) is 13. The van der Waals surface area contributed by atoms with E-state index < -0.39 is 36.4 Å². The van der Waals surface area contributed by atoms with Crippen LogP contribution in [0.25, 0.3) is 11.3 Å². The van der Waals surface area contributed by atoms with E-state index in [9.17, 15) is 22.5 Å². The maximum Gasteiger partial charge on any atom is 0.421 e. The summed E-state index contributed by atoms with van der Waals surface area (Å²) < 4.78 is 73.9. The largest absolute Gasteiger partial charge is 0.495 e. The molecular formula is C31H36F3N10O6P. The predicted molar refractivity (Wildman–Crippen MR) is 178 cm³/mol. The number of rotatable bonds is 5. The first-order valence-electron chi connectivity index (χ1n) is 15.7. The second-order valence-corrected chi connectivity index (χ2v) is 14.4. The molecule has 20 heteroatoms. The molecule has 9 rings (SSSR count). The van der Waals surface area contributed by atoms with Crippen LogP contribution in [0.4, 0.5) is 36.3 Å². The maximum absolute atomic E-state index is 14.2. The number of aromatic nitrogens is 5. The van der Waals surface area contributed by atoms with Crippen LogP contribution in [0.5, 0.6) is 5.75 Å². The van der Waals surface area contributed by atoms with Crippen LogP contribution in [0.15, 0.2) is 42.7 Å². The molecule has 16 nitrogen and oxygen atoms in total. The number of nitrogens with zero attached hydrogens (tertiary/aromatic N) is 6. The summed E-state index contributed by atoms with van der Waals surface area (Å²) in [5.74, 6) is -1.21. The predicted octanol–water partition coefficient (Wildman–Crippen LogP) is 4.78. The number of anilines is 4. The summed E-state index contributed by atoms with van der Waals surface area (Å²) in [5, 5.41) is 13.8. The molecule has 0 aliphatic carbocycles. The molecule has 1 spiro atoms. The highest BCUT2D eigenvalue weighted by Crippen LogP contribution is 2.41. The molecule has 5 N–H and O–H groups in total. The number of nitrogens with one attached hydrogen (secondary N) is 3. The van der Waals surface area contributed by atoms with Crippen molar-refractivity contribution in [3.8, 4) is 17.0 Å². The fourth-order valence-corrected chi connectivity index (χ4v) is 5.93. The molecule has 51 heavy (non-hydrogen) atoms. The first-order chi connectivity index (χ1) is 24.2. The number of aryl methyl sites for hydroxylation is 1. The minimum Gasteiger partial charge on any atom is -0.495 e. The Morgan fingerprint density at radius 1 is 1.16 bits per heavy atom. The van der Waals surface area contributed by atoms with Crippen molar-refractivity contribution in [1.82, 2.24) is 35.3 Å². The number of nitrogens with two attached hydrogens (primary N) is 1. The molecule has 5 aliphatic rings. The van der Waals surface area contributed by atoms with Crippen LogP contribution in [0, 0.1) is 12.3 Å². The lowest BCUT2D eigenvalue weighted by Crippen LogP contribution is -2.50. The third kappa shape index (κ3) is 7.98. The number of carbonyl (C=O) groups is 1. The zero-order valence-corrected chi connectivity index (χ0v) is 29.0. The third-order valence-corrected chi connectivity index (χ3v) is 9.57. The van der Waals surface area contributed by atoms with Crippen molar-refractivity contribution in [1.29, 1.82) is 0 Å². The van der Waals surface area contributed by atoms with Gasteiger partial charge < -0.3 is 25.4 Å². The van der Waals surface area contributed by atoms with Gasteiger partial charge in [0.25, 0.3) is 13.4 Å². The second kappa shape index (κ2) is 14.2. The van der Waals surface area contributed by atoms with Crippen LogP contribution < -0.4 is 26.2 Å². The Bertz CT molecular complexity index is 1990. The number of methoxy groups -OCH3 is 1. The molecule has 0 saturated carbocycles. The number of alkyl halides is 3. The van der Waals surface area contributed by atoms with E-state index in [2.05, 4.69) is 36.0 Å². The highest BCUT2D eigenvalue weighted by molar-refractivity contribution is 7.56. The molecule has 272 valence electrons. The summed E-state index contributed by atoms with van der Waals surface area (Å²) in [6, 6.07) is 7.91. The first kappa shape index (κ1) is 36.2. The lowest BCUT2D eigenvalue weighted by atomic mass is 9.87. The monoisotopic (exact) mass is 732 g/mol. The molecule has 5 aliphatic heterocycles. The zero-order valence-electron chi connectivity index (χ0n) is 28.1. The van der Waals surface area contributed by atoms with E-state index in [1.54, 1.807) is 49.0 Å². The van der Waals surface area contributed by atoms with Gasteiger partial charge >= 0.3 is 6.18 Å². The van der Waals surface area contributed by atoms with E-state index >= 15 is 0 Å². The van der Waals surface area contributed by atoms with Crippen LogP contribution in [-0.2, 0) is 38.0 Å². The third-order valence-electron chi connectivity index (χ3n) is 8.23. The van der Waals surface area contributed by atoms with Crippen molar-refractivity contribution in [3.05, 3.63) is 65.2 Å². The van der Waals surface area contributed by atoms with Gasteiger partial charge in [-0.25, -0.2) is 14.6 Å². The molecule has 8 heterocycles. The van der Waals surface area contributed by atoms with E-state index in [4.69, 9.17) is 24.4 Å². The summed E-state index contributed by atoms with van der Waals surface area (Å²) in [6.07, 6.45) is -2.42. The molecule has 8 bridgehead atoms. The average molecular weight is 733 g/mol. The molecule has 1 saturated heterocycles. The number of carbonyl (C=O) groups excluding carboxylic acids is 1. The Morgan fingerprint density at radius 2 is 1.92 bits per heavy atom. The number of hydrogen-bond donors (Lipinski definition) is 4. The van der Waals surface area contributed by atoms with Gasteiger partial charge in [0.1, 0.15) is 17.1 Å². The summed E-state index contributed by atoms with van der Waals surface area (Å²) in [7, 11) is -0.786. The summed E-state index contributed by atoms with van der Waals surface area (Å²) in [6.45, 7) is 4.48. The molecule has 1 atom stereocenters. The van der Waals surface area contributed by atoms with Gasteiger partial charge in [0.05, 0.1) is 68.2 Å². The van der Waals surface area contributed by atoms with Gasteiger partial charge in [0, 0.05) is 31.2 Å². The van der Waals surface area contributed by atoms with Gasteiger partial charge in [-0.15, -0.1) is 0 Å². The minimum absolute atomic E-state index is 0.0260. The van der Waals surface area contributed by atoms with E-state index in [1.807, 2.05) is 0 Å². The van der Waals surface area contributed by atoms with Crippen LogP contribution in [-0.4, -0.2) is 76.0 Å². The average Bonchev–Trinajstić information content (AvgIpc) is 3.44. The molecule has 1 aromatic carbocycles. The molecule has 3 aromatic heterocycles. The number of amides is 1. The lowest BCUT2D eigenvalue weighted by molar-refractivity contribution is -0.348. The van der Waals surface area contributed by atoms with Gasteiger partial charge in [-0.2, -0.15) is 23.3 Å². The van der Waals surface area contributed by atoms with E-state index in [0.717, 1.165) is 5.23 Å². The van der Waals surface area contributed by atoms with Crippen molar-refractivity contribution in [2.45, 2.75) is 33.1 Å². The number of benzene rings is 1. The SMILES string of the molecule is CCP(N)(=O)ON1Cc2ccc(c(OC)c2)Nc2ncc(C(F)(F)F)c(n2)Nc2ccc(nc2C(=O)NC)-c2cn(nc2C)CC2(COC2)CO1. The molecule has 4 aromatic rings. The fourth-order valence-electron chi connectivity index (χ4n) is 5.40. The first-order valence-corrected chi connectivity index (χ1v) is 17.6. The van der Waals surface area contributed by atoms with Gasteiger partial charge in [0.15, 0.2) is 5.69 Å². The molecule has 1 fully saturated rings. The maximum atomic E-state index is 14.2. The summed E-state index contributed by atoms with van der Waals surface area (Å²) in [4.78, 5) is 31.7. The summed E-state index contributed by atoms with van der Waals surface area (Å²) >= 11 is 0. The molecule has 1 unspecified atom stereocenters. The Balaban J connectivity index is 1.48. The Morgan fingerprint density at radius 3 is 2.59 bits per heavy atom. The van der Waals surface area contributed by atoms with Gasteiger partial charge in [-0.3, -0.25) is 24.4 Å². The van der Waals surface area contributed by atoms with Gasteiger partial charge in [-0.05, 0) is 36.8 Å². The van der Waals surface area contributed by atoms with E-state index in [0.29, 0.717) is 54.2 Å². The normalized spacial score (nSPS) is 17.3. The van der Waals surface area contributed by atoms with Crippen molar-refractivity contribution in [3.63, 3.8) is 0 Å². The Labute approximate surface area is 290 Å². The Hall–Kier alpha value is -4.65. The topological polar surface area (TPSA) is 193 Å². The number of hydroxylamine groups is 2. The number of ether oxygens (including phenoxy) is 2. The Kier molecular flexibility index (Phi) is 10.0. The standard InChI is InChI=1S/C31H36F3N10O6P/c1-5-51(35,46)50-44-12-19-6-7-23(25(10-19)47-4)40-29-37-11-21(31(32,33)34)27(41-29)39-24-9-8-22(38-26(24)28(45)36-3)20-13-43(42-18(20)2)14-30(17-49-44)15-48-16-30/h6-11,13H,5,12,14-17H2,1-4H3,(H2,35,46)(H,36,45)(H2,37,39,40,41). The zero-order chi connectivity index (χ0) is 36.6. The van der Waals surface area contributed by atoms with Gasteiger partial charge in [-0.1, -0.05) is 18.2 Å². The molecule has 0 radical (unpaired) electrons. The van der Waals surface area contributed by atoms with Crippen molar-refractivity contribution < 1.29 is 41.5 Å². The molecular weight excluding hydrogens is 696 g/mol. The highest BCUT2D eigenvalue weighted by Gasteiger charge is 2.41. The van der Waals surface area contributed by atoms with Gasteiger partial charge in [0.2, 0.25) is 5.95 Å². The van der Waals surface area contributed by atoms with Crippen LogP contribution in [0.2, 0.25) is 0 Å². The smallest absolute Gasteiger partial charge is 0.421 e. The van der Waals surface area contributed by atoms with Crippen molar-refractivity contribution in [2.75, 3.05) is 50.8 Å². The fraction of sp³-hybridized carbons (Fsp3) is 0.387. The van der Waals surface area contributed by atoms with Crippen LogP contribution in [0.3, 0.4) is 0 Å². The van der Waals surface area contributed by atoms with Crippen molar-refractivity contribution >= 4 is 36.6 Å². The van der Waals surface area contributed by atoms with Crippen molar-refractivity contribution in [2.24, 2.45) is 10.9 Å². The van der Waals surface area contributed by atoms with Crippen LogP contribution in [0.1, 0.15) is 34.2 Å². The number of halogens is 3. The van der Waals surface area contributed by atoms with E-state index in [-0.39, 0.29) is 42.4 Å². The number of pyridine rings is 1. The quantitative estimate of drug-likeness (QED) is 0.205.